The summed E-state index contributed by atoms with van der Waals surface area (Å²) in [6, 6.07) is 2.40. The molecule has 14 nitrogen and oxygen atoms in total. The van der Waals surface area contributed by atoms with E-state index >= 15 is 0 Å². The van der Waals surface area contributed by atoms with Crippen LogP contribution >= 0.6 is 11.6 Å². The van der Waals surface area contributed by atoms with E-state index in [1.807, 2.05) is 6.92 Å². The minimum Gasteiger partial charge on any atom is -0.495 e. The van der Waals surface area contributed by atoms with Crippen LogP contribution in [-0.4, -0.2) is 99.1 Å². The third kappa shape index (κ3) is 8.52. The lowest BCUT2D eigenvalue weighted by atomic mass is 9.83. The number of anilines is 1. The van der Waals surface area contributed by atoms with Gasteiger partial charge in [0.1, 0.15) is 46.8 Å². The number of esters is 1. The van der Waals surface area contributed by atoms with Gasteiger partial charge in [0, 0.05) is 39.5 Å². The Kier molecular flexibility index (Phi) is 12.5. The minimum absolute atomic E-state index is 0.0728. The first-order chi connectivity index (χ1) is 23.9. The number of hydrogen-bond acceptors (Lipinski definition) is 11. The van der Waals surface area contributed by atoms with Gasteiger partial charge in [-0.1, -0.05) is 50.6 Å². The SMILES string of the molecule is COc1cc2cc(c1Cl)N(C)C(=O)CC(OC(=O)C(C)NC(=O)C(C)C)C1(C)OC1C(C)C1CC(O)(NC(=O)O1)C(OC)/C=C\C=C(\C)C2OC. The van der Waals surface area contributed by atoms with Crippen molar-refractivity contribution in [3.8, 4) is 5.75 Å². The number of nitrogens with one attached hydrogen (secondary N) is 2. The van der Waals surface area contributed by atoms with Crippen LogP contribution in [0.3, 0.4) is 0 Å². The number of carbonyl (C=O) groups excluding carboxylic acids is 4. The number of fused-ring (bicyclic) bond motifs is 5. The largest absolute Gasteiger partial charge is 0.495 e. The van der Waals surface area contributed by atoms with Crippen molar-refractivity contribution in [3.05, 3.63) is 46.5 Å². The van der Waals surface area contributed by atoms with Crippen LogP contribution in [0.2, 0.25) is 5.02 Å². The molecule has 2 fully saturated rings. The van der Waals surface area contributed by atoms with Crippen molar-refractivity contribution in [1.29, 1.82) is 0 Å². The van der Waals surface area contributed by atoms with Gasteiger partial charge in [-0.05, 0) is 44.0 Å². The molecule has 0 spiro atoms. The number of hydrogen-bond donors (Lipinski definition) is 3. The highest BCUT2D eigenvalue weighted by Gasteiger charge is 2.64. The lowest BCUT2D eigenvalue weighted by Gasteiger charge is -2.42. The van der Waals surface area contributed by atoms with Gasteiger partial charge in [0.05, 0.1) is 25.3 Å². The summed E-state index contributed by atoms with van der Waals surface area (Å²) >= 11 is 6.77. The van der Waals surface area contributed by atoms with Crippen LogP contribution in [0.5, 0.6) is 5.75 Å². The van der Waals surface area contributed by atoms with E-state index in [1.165, 1.54) is 33.2 Å². The first-order valence-electron chi connectivity index (χ1n) is 16.8. The van der Waals surface area contributed by atoms with Crippen molar-refractivity contribution in [3.63, 3.8) is 0 Å². The first kappa shape index (κ1) is 40.1. The van der Waals surface area contributed by atoms with E-state index in [0.29, 0.717) is 17.0 Å². The lowest BCUT2D eigenvalue weighted by molar-refractivity contribution is -0.157. The zero-order chi connectivity index (χ0) is 38.0. The van der Waals surface area contributed by atoms with Crippen LogP contribution in [0.4, 0.5) is 10.5 Å². The van der Waals surface area contributed by atoms with Crippen LogP contribution in [0.1, 0.15) is 66.1 Å². The maximum Gasteiger partial charge on any atom is 0.409 e. The number of amides is 3. The molecule has 4 bridgehead atoms. The number of rotatable bonds is 7. The molecule has 282 valence electrons. The van der Waals surface area contributed by atoms with Crippen molar-refractivity contribution in [2.45, 2.75) is 102 Å². The molecule has 0 saturated carbocycles. The number of nitrogens with zero attached hydrogens (tertiary/aromatic N) is 1. The normalized spacial score (nSPS) is 33.5. The number of aliphatic hydroxyl groups is 1. The van der Waals surface area contributed by atoms with E-state index in [4.69, 9.17) is 40.0 Å². The van der Waals surface area contributed by atoms with Gasteiger partial charge in [0.15, 0.2) is 5.72 Å². The average Bonchev–Trinajstić information content (AvgIpc) is 3.77. The second-order valence-corrected chi connectivity index (χ2v) is 14.2. The summed E-state index contributed by atoms with van der Waals surface area (Å²) in [6.45, 7) is 10.2. The Morgan fingerprint density at radius 3 is 2.45 bits per heavy atom. The summed E-state index contributed by atoms with van der Waals surface area (Å²) in [6.07, 6.45) is -0.457. The Balaban J connectivity index is 1.82. The molecule has 15 heteroatoms. The van der Waals surface area contributed by atoms with E-state index in [0.717, 1.165) is 5.57 Å². The van der Waals surface area contributed by atoms with Crippen LogP contribution in [0.15, 0.2) is 35.9 Å². The van der Waals surface area contributed by atoms with Crippen molar-refractivity contribution in [2.75, 3.05) is 33.3 Å². The molecule has 51 heavy (non-hydrogen) atoms. The third-order valence-corrected chi connectivity index (χ3v) is 10.2. The standard InChI is InChI=1S/C36H50ClN3O11/c1-18(2)32(42)38-21(5)33(43)50-27-16-28(41)40(7)23-14-22(15-24(46-8)29(23)37)30(48-10)19(3)12-11-13-26(47-9)36(45)17-25(49-34(44)39-36)20(4)31-35(27,6)51-31/h11-15,18,20-21,25-27,30-31,45H,16-17H2,1-10H3,(H,38,42)(H,39,44)/b13-11-,19-12-. The molecule has 3 heterocycles. The zero-order valence-corrected chi connectivity index (χ0v) is 31.5. The summed E-state index contributed by atoms with van der Waals surface area (Å²) in [5.74, 6) is -2.20. The summed E-state index contributed by atoms with van der Waals surface area (Å²) in [7, 11) is 5.95. The summed E-state index contributed by atoms with van der Waals surface area (Å²) in [5, 5.41) is 17.0. The van der Waals surface area contributed by atoms with E-state index < -0.39 is 71.8 Å². The van der Waals surface area contributed by atoms with Crippen molar-refractivity contribution < 1.29 is 52.7 Å². The molecule has 0 aromatic heterocycles. The molecule has 9 atom stereocenters. The zero-order valence-electron chi connectivity index (χ0n) is 30.8. The average molecular weight is 736 g/mol. The van der Waals surface area contributed by atoms with Crippen molar-refractivity contribution in [2.24, 2.45) is 11.8 Å². The number of benzene rings is 1. The quantitative estimate of drug-likeness (QED) is 0.273. The number of halogens is 1. The summed E-state index contributed by atoms with van der Waals surface area (Å²) in [5.41, 5.74) is -1.39. The number of ether oxygens (including phenoxy) is 6. The van der Waals surface area contributed by atoms with Crippen molar-refractivity contribution >= 4 is 41.2 Å². The van der Waals surface area contributed by atoms with Gasteiger partial charge < -0.3 is 43.7 Å². The fourth-order valence-corrected chi connectivity index (χ4v) is 6.89. The molecule has 0 aliphatic carbocycles. The number of allylic oxidation sites excluding steroid dienone is 2. The summed E-state index contributed by atoms with van der Waals surface area (Å²) < 4.78 is 34.9. The Morgan fingerprint density at radius 1 is 1.16 bits per heavy atom. The van der Waals surface area contributed by atoms with Gasteiger partial charge in [-0.15, -0.1) is 0 Å². The van der Waals surface area contributed by atoms with Gasteiger partial charge in [-0.2, -0.15) is 0 Å². The van der Waals surface area contributed by atoms with Gasteiger partial charge in [-0.3, -0.25) is 14.9 Å². The molecule has 2 saturated heterocycles. The highest BCUT2D eigenvalue weighted by atomic mass is 35.5. The van der Waals surface area contributed by atoms with Crippen LogP contribution in [0.25, 0.3) is 0 Å². The highest BCUT2D eigenvalue weighted by Crippen LogP contribution is 2.49. The van der Waals surface area contributed by atoms with E-state index in [1.54, 1.807) is 65.1 Å². The van der Waals surface area contributed by atoms with Gasteiger partial charge in [0.25, 0.3) is 0 Å². The van der Waals surface area contributed by atoms with Crippen LogP contribution in [-0.2, 0) is 38.1 Å². The summed E-state index contributed by atoms with van der Waals surface area (Å²) in [4.78, 5) is 54.1. The maximum atomic E-state index is 14.1. The molecule has 9 unspecified atom stereocenters. The number of alkyl carbamates (subject to hydrolysis) is 1. The fraction of sp³-hybridized carbons (Fsp3) is 0.611. The van der Waals surface area contributed by atoms with Gasteiger partial charge in [0.2, 0.25) is 11.8 Å². The molecule has 1 aromatic rings. The maximum absolute atomic E-state index is 14.1. The van der Waals surface area contributed by atoms with E-state index in [2.05, 4.69) is 10.6 Å². The second-order valence-electron chi connectivity index (χ2n) is 13.9. The Bertz CT molecular complexity index is 1570. The highest BCUT2D eigenvalue weighted by molar-refractivity contribution is 6.35. The van der Waals surface area contributed by atoms with Crippen LogP contribution < -0.4 is 20.3 Å². The molecule has 3 amide bonds. The van der Waals surface area contributed by atoms with E-state index in [9.17, 15) is 24.3 Å². The lowest BCUT2D eigenvalue weighted by Crippen LogP contribution is -2.63. The molecule has 1 aromatic carbocycles. The molecule has 3 aliphatic rings. The predicted molar refractivity (Wildman–Crippen MR) is 187 cm³/mol. The van der Waals surface area contributed by atoms with Crippen molar-refractivity contribution in [1.82, 2.24) is 10.6 Å². The number of methoxy groups -OCH3 is 3. The Labute approximate surface area is 303 Å². The molecular weight excluding hydrogens is 686 g/mol. The molecule has 3 N–H and O–H groups in total. The first-order valence-corrected chi connectivity index (χ1v) is 17.2. The van der Waals surface area contributed by atoms with Gasteiger partial charge >= 0.3 is 12.1 Å². The monoisotopic (exact) mass is 735 g/mol. The Morgan fingerprint density at radius 2 is 1.84 bits per heavy atom. The molecule has 0 radical (unpaired) electrons. The second kappa shape index (κ2) is 15.9. The van der Waals surface area contributed by atoms with Crippen LogP contribution in [0, 0.1) is 11.8 Å². The third-order valence-electron chi connectivity index (χ3n) is 9.86. The fourth-order valence-electron chi connectivity index (χ4n) is 6.58. The predicted octanol–water partition coefficient (Wildman–Crippen LogP) is 3.97. The smallest absolute Gasteiger partial charge is 0.409 e. The van der Waals surface area contributed by atoms with Gasteiger partial charge in [-0.25, -0.2) is 9.59 Å². The molecule has 3 aliphatic heterocycles. The number of epoxide rings is 1. The topological polar surface area (TPSA) is 174 Å². The Hall–Kier alpha value is -3.69. The van der Waals surface area contributed by atoms with E-state index in [-0.39, 0.29) is 29.7 Å². The number of carbonyl (C=O) groups is 4. The molecular formula is C36H50ClN3O11. The molecule has 4 rings (SSSR count). The minimum atomic E-state index is -1.86.